The number of benzene rings is 1. The predicted octanol–water partition coefficient (Wildman–Crippen LogP) is 2.05. The molecule has 4 heteroatoms. The zero-order chi connectivity index (χ0) is 15.3. The van der Waals surface area contributed by atoms with Crippen molar-refractivity contribution < 1.29 is 9.53 Å². The highest BCUT2D eigenvalue weighted by Crippen LogP contribution is 2.24. The van der Waals surface area contributed by atoms with Gasteiger partial charge in [0.1, 0.15) is 5.54 Å². The zero-order valence-electron chi connectivity index (χ0n) is 13.3. The van der Waals surface area contributed by atoms with Crippen LogP contribution in [0.5, 0.6) is 0 Å². The average molecular weight is 290 g/mol. The van der Waals surface area contributed by atoms with Crippen LogP contribution in [0.1, 0.15) is 25.8 Å². The lowest BCUT2D eigenvalue weighted by Gasteiger charge is -2.29. The highest BCUT2D eigenvalue weighted by atomic mass is 16.5. The molecule has 1 aliphatic heterocycles. The highest BCUT2D eigenvalue weighted by molar-refractivity contribution is 5.81. The van der Waals surface area contributed by atoms with Crippen LogP contribution in [0.15, 0.2) is 30.3 Å². The number of esters is 1. The fraction of sp³-hybridized carbons (Fsp3) is 0.588. The van der Waals surface area contributed by atoms with Gasteiger partial charge in [-0.3, -0.25) is 9.69 Å². The highest BCUT2D eigenvalue weighted by Gasteiger charge is 2.45. The first-order chi connectivity index (χ1) is 10.1. The van der Waals surface area contributed by atoms with Crippen LogP contribution in [0.2, 0.25) is 0 Å². The number of carbonyl (C=O) groups excluding carboxylic acids is 1. The Labute approximate surface area is 127 Å². The molecule has 116 valence electrons. The second kappa shape index (κ2) is 7.05. The van der Waals surface area contributed by atoms with Gasteiger partial charge in [-0.05, 0) is 24.4 Å². The second-order valence-electron chi connectivity index (χ2n) is 6.29. The summed E-state index contributed by atoms with van der Waals surface area (Å²) in [4.78, 5) is 14.6. The van der Waals surface area contributed by atoms with Crippen molar-refractivity contribution in [3.8, 4) is 0 Å². The van der Waals surface area contributed by atoms with Gasteiger partial charge in [-0.15, -0.1) is 0 Å². The number of methoxy groups -OCH3 is 1. The summed E-state index contributed by atoms with van der Waals surface area (Å²) in [6.45, 7) is 7.62. The van der Waals surface area contributed by atoms with Crippen LogP contribution in [-0.4, -0.2) is 43.2 Å². The zero-order valence-corrected chi connectivity index (χ0v) is 13.3. The van der Waals surface area contributed by atoms with Crippen LogP contribution in [-0.2, 0) is 16.1 Å². The smallest absolute Gasteiger partial charge is 0.327 e. The number of nitrogens with one attached hydrogen (secondary N) is 1. The molecule has 0 spiro atoms. The van der Waals surface area contributed by atoms with Gasteiger partial charge < -0.3 is 10.1 Å². The number of likely N-dealkylation sites (tertiary alicyclic amines) is 1. The Morgan fingerprint density at radius 2 is 2.10 bits per heavy atom. The Morgan fingerprint density at radius 3 is 2.71 bits per heavy atom. The largest absolute Gasteiger partial charge is 0.468 e. The third-order valence-corrected chi connectivity index (χ3v) is 4.02. The molecule has 0 aliphatic carbocycles. The second-order valence-corrected chi connectivity index (χ2v) is 6.29. The summed E-state index contributed by atoms with van der Waals surface area (Å²) in [6, 6.07) is 10.4. The van der Waals surface area contributed by atoms with Crippen molar-refractivity contribution in [1.82, 2.24) is 10.2 Å². The maximum atomic E-state index is 12.2. The Balaban J connectivity index is 2.02. The van der Waals surface area contributed by atoms with Crippen molar-refractivity contribution in [3.05, 3.63) is 35.9 Å². The number of carbonyl (C=O) groups is 1. The van der Waals surface area contributed by atoms with Crippen molar-refractivity contribution in [2.45, 2.75) is 32.4 Å². The van der Waals surface area contributed by atoms with E-state index < -0.39 is 5.54 Å². The summed E-state index contributed by atoms with van der Waals surface area (Å²) >= 11 is 0. The van der Waals surface area contributed by atoms with E-state index in [2.05, 4.69) is 48.3 Å². The lowest BCUT2D eigenvalue weighted by atomic mass is 9.98. The lowest BCUT2D eigenvalue weighted by Crippen LogP contribution is -2.55. The van der Waals surface area contributed by atoms with E-state index in [0.29, 0.717) is 12.5 Å². The number of ether oxygens (including phenoxy) is 1. The maximum absolute atomic E-state index is 12.2. The predicted molar refractivity (Wildman–Crippen MR) is 83.9 cm³/mol. The minimum Gasteiger partial charge on any atom is -0.468 e. The molecule has 1 aliphatic rings. The van der Waals surface area contributed by atoms with Crippen LogP contribution < -0.4 is 5.32 Å². The van der Waals surface area contributed by atoms with Crippen molar-refractivity contribution >= 4 is 5.97 Å². The summed E-state index contributed by atoms with van der Waals surface area (Å²) in [6.07, 6.45) is 0.805. The fourth-order valence-electron chi connectivity index (χ4n) is 2.84. The molecule has 1 saturated heterocycles. The minimum absolute atomic E-state index is 0.140. The third-order valence-electron chi connectivity index (χ3n) is 4.02. The van der Waals surface area contributed by atoms with E-state index in [9.17, 15) is 4.79 Å². The van der Waals surface area contributed by atoms with Crippen molar-refractivity contribution in [2.24, 2.45) is 5.92 Å². The molecule has 1 aromatic rings. The number of hydrogen-bond donors (Lipinski definition) is 1. The van der Waals surface area contributed by atoms with Gasteiger partial charge in [0.25, 0.3) is 0 Å². The van der Waals surface area contributed by atoms with Gasteiger partial charge in [-0.2, -0.15) is 0 Å². The average Bonchev–Trinajstić information content (AvgIpc) is 2.90. The molecule has 0 aromatic heterocycles. The van der Waals surface area contributed by atoms with E-state index in [1.807, 2.05) is 6.07 Å². The molecule has 0 bridgehead atoms. The van der Waals surface area contributed by atoms with Gasteiger partial charge in [0.15, 0.2) is 0 Å². The fourth-order valence-corrected chi connectivity index (χ4v) is 2.84. The first-order valence-corrected chi connectivity index (χ1v) is 7.65. The van der Waals surface area contributed by atoms with Gasteiger partial charge in [-0.25, -0.2) is 0 Å². The molecule has 4 nitrogen and oxygen atoms in total. The van der Waals surface area contributed by atoms with Gasteiger partial charge in [-0.1, -0.05) is 44.2 Å². The van der Waals surface area contributed by atoms with E-state index in [0.717, 1.165) is 26.1 Å². The van der Waals surface area contributed by atoms with Crippen molar-refractivity contribution in [3.63, 3.8) is 0 Å². The van der Waals surface area contributed by atoms with Crippen molar-refractivity contribution in [2.75, 3.05) is 26.7 Å². The van der Waals surface area contributed by atoms with E-state index in [1.165, 1.54) is 12.7 Å². The van der Waals surface area contributed by atoms with Crippen molar-refractivity contribution in [1.29, 1.82) is 0 Å². The molecule has 0 radical (unpaired) electrons. The lowest BCUT2D eigenvalue weighted by molar-refractivity contribution is -0.148. The minimum atomic E-state index is -0.548. The molecule has 1 heterocycles. The SMILES string of the molecule is COC(=O)C1(NCC(C)C)CCN(Cc2ccccc2)C1. The molecule has 2 rings (SSSR count). The number of nitrogens with zero attached hydrogens (tertiary/aromatic N) is 1. The van der Waals surface area contributed by atoms with Gasteiger partial charge in [0.05, 0.1) is 7.11 Å². The summed E-state index contributed by atoms with van der Waals surface area (Å²) in [5.74, 6) is 0.369. The number of hydrogen-bond acceptors (Lipinski definition) is 4. The summed E-state index contributed by atoms with van der Waals surface area (Å²) in [5, 5.41) is 3.44. The summed E-state index contributed by atoms with van der Waals surface area (Å²) in [7, 11) is 1.47. The molecule has 1 aromatic carbocycles. The Bertz CT molecular complexity index is 461. The molecular weight excluding hydrogens is 264 g/mol. The Kier molecular flexibility index (Phi) is 5.37. The maximum Gasteiger partial charge on any atom is 0.327 e. The van der Waals surface area contributed by atoms with Crippen LogP contribution >= 0.6 is 0 Å². The monoisotopic (exact) mass is 290 g/mol. The first-order valence-electron chi connectivity index (χ1n) is 7.65. The van der Waals surface area contributed by atoms with Gasteiger partial charge in [0.2, 0.25) is 0 Å². The quantitative estimate of drug-likeness (QED) is 0.814. The molecule has 1 N–H and O–H groups in total. The molecule has 1 unspecified atom stereocenters. The third kappa shape index (κ3) is 4.05. The van der Waals surface area contributed by atoms with Crippen LogP contribution in [0.4, 0.5) is 0 Å². The molecule has 21 heavy (non-hydrogen) atoms. The molecule has 0 amide bonds. The van der Waals surface area contributed by atoms with E-state index in [-0.39, 0.29) is 5.97 Å². The van der Waals surface area contributed by atoms with Crippen LogP contribution in [0.3, 0.4) is 0 Å². The topological polar surface area (TPSA) is 41.6 Å². The van der Waals surface area contributed by atoms with Gasteiger partial charge in [0, 0.05) is 19.6 Å². The van der Waals surface area contributed by atoms with Crippen LogP contribution in [0.25, 0.3) is 0 Å². The van der Waals surface area contributed by atoms with Gasteiger partial charge >= 0.3 is 5.97 Å². The van der Waals surface area contributed by atoms with E-state index in [4.69, 9.17) is 4.74 Å². The standard InChI is InChI=1S/C17H26N2O2/c1-14(2)11-18-17(16(20)21-3)9-10-19(13-17)12-15-7-5-4-6-8-15/h4-8,14,18H,9-13H2,1-3H3. The van der Waals surface area contributed by atoms with Crippen LogP contribution in [0, 0.1) is 5.92 Å². The Hall–Kier alpha value is -1.39. The molecular formula is C17H26N2O2. The first kappa shape index (κ1) is 16.0. The van der Waals surface area contributed by atoms with E-state index >= 15 is 0 Å². The Morgan fingerprint density at radius 1 is 1.38 bits per heavy atom. The summed E-state index contributed by atoms with van der Waals surface area (Å²) < 4.78 is 5.04. The molecule has 1 atom stereocenters. The number of rotatable bonds is 6. The molecule has 1 fully saturated rings. The molecule has 0 saturated carbocycles. The van der Waals surface area contributed by atoms with E-state index in [1.54, 1.807) is 0 Å². The summed E-state index contributed by atoms with van der Waals surface area (Å²) in [5.41, 5.74) is 0.732. The normalized spacial score (nSPS) is 22.7.